The van der Waals surface area contributed by atoms with Crippen LogP contribution >= 0.6 is 12.4 Å². The van der Waals surface area contributed by atoms with Gasteiger partial charge in [0, 0.05) is 25.0 Å². The summed E-state index contributed by atoms with van der Waals surface area (Å²) in [7, 11) is 0. The van der Waals surface area contributed by atoms with Crippen molar-refractivity contribution >= 4 is 12.4 Å². The standard InChI is InChI=1S/C21H23N3O.ClH/c1-17(11-12-18-7-3-2-4-8-18)24-16-19-9-5-10-20(15-19)25-21-22-13-6-14-23-21;/h2-10,13-15,17,24H,11-12,16H2,1H3;1H. The highest BCUT2D eigenvalue weighted by atomic mass is 35.5. The predicted octanol–water partition coefficient (Wildman–Crippen LogP) is 4.80. The van der Waals surface area contributed by atoms with Gasteiger partial charge in [0.1, 0.15) is 5.75 Å². The largest absolute Gasteiger partial charge is 0.424 e. The summed E-state index contributed by atoms with van der Waals surface area (Å²) < 4.78 is 5.68. The molecule has 1 atom stereocenters. The Morgan fingerprint density at radius 2 is 1.65 bits per heavy atom. The Hall–Kier alpha value is -2.43. The van der Waals surface area contributed by atoms with E-state index in [4.69, 9.17) is 4.74 Å². The van der Waals surface area contributed by atoms with Crippen molar-refractivity contribution in [2.75, 3.05) is 0 Å². The van der Waals surface area contributed by atoms with Crippen molar-refractivity contribution < 1.29 is 4.74 Å². The molecule has 0 aliphatic carbocycles. The lowest BCUT2D eigenvalue weighted by Gasteiger charge is -2.14. The number of halogens is 1. The number of hydrogen-bond acceptors (Lipinski definition) is 4. The average molecular weight is 370 g/mol. The molecule has 5 heteroatoms. The first kappa shape index (κ1) is 19.9. The third-order valence-electron chi connectivity index (χ3n) is 4.01. The van der Waals surface area contributed by atoms with Crippen LogP contribution in [0.1, 0.15) is 24.5 Å². The van der Waals surface area contributed by atoms with Crippen molar-refractivity contribution in [3.05, 3.63) is 84.2 Å². The maximum absolute atomic E-state index is 5.68. The average Bonchev–Trinajstić information content (AvgIpc) is 2.67. The highest BCUT2D eigenvalue weighted by Gasteiger charge is 2.04. The molecule has 0 saturated heterocycles. The smallest absolute Gasteiger partial charge is 0.321 e. The Labute approximate surface area is 161 Å². The molecule has 1 heterocycles. The molecule has 0 aliphatic rings. The molecule has 1 unspecified atom stereocenters. The molecule has 0 amide bonds. The number of rotatable bonds is 8. The number of ether oxygens (including phenoxy) is 1. The zero-order valence-corrected chi connectivity index (χ0v) is 15.7. The van der Waals surface area contributed by atoms with E-state index in [2.05, 4.69) is 58.6 Å². The fraction of sp³-hybridized carbons (Fsp3) is 0.238. The summed E-state index contributed by atoms with van der Waals surface area (Å²) in [5.74, 6) is 0.752. The highest BCUT2D eigenvalue weighted by molar-refractivity contribution is 5.85. The van der Waals surface area contributed by atoms with Gasteiger partial charge in [0.15, 0.2) is 0 Å². The van der Waals surface area contributed by atoms with Gasteiger partial charge in [-0.25, -0.2) is 9.97 Å². The molecule has 0 saturated carbocycles. The summed E-state index contributed by atoms with van der Waals surface area (Å²) in [4.78, 5) is 8.16. The van der Waals surface area contributed by atoms with Crippen LogP contribution in [0.15, 0.2) is 73.1 Å². The van der Waals surface area contributed by atoms with Gasteiger partial charge < -0.3 is 10.1 Å². The Morgan fingerprint density at radius 3 is 2.42 bits per heavy atom. The van der Waals surface area contributed by atoms with Gasteiger partial charge >= 0.3 is 6.01 Å². The molecule has 3 aromatic rings. The van der Waals surface area contributed by atoms with Crippen molar-refractivity contribution in [2.45, 2.75) is 32.4 Å². The first-order chi connectivity index (χ1) is 12.3. The Morgan fingerprint density at radius 1 is 0.923 bits per heavy atom. The number of nitrogens with one attached hydrogen (secondary N) is 1. The second-order valence-electron chi connectivity index (χ2n) is 6.09. The number of aromatic nitrogens is 2. The number of benzene rings is 2. The van der Waals surface area contributed by atoms with Gasteiger partial charge in [-0.15, -0.1) is 12.4 Å². The molecule has 2 aromatic carbocycles. The van der Waals surface area contributed by atoms with Crippen molar-refractivity contribution in [3.63, 3.8) is 0 Å². The molecule has 0 fully saturated rings. The third kappa shape index (κ3) is 6.47. The van der Waals surface area contributed by atoms with Crippen LogP contribution in [0.2, 0.25) is 0 Å². The highest BCUT2D eigenvalue weighted by Crippen LogP contribution is 2.18. The second kappa shape index (κ2) is 10.5. The molecule has 1 aromatic heterocycles. The van der Waals surface area contributed by atoms with E-state index in [1.54, 1.807) is 18.5 Å². The minimum atomic E-state index is 0. The molecule has 0 spiro atoms. The van der Waals surface area contributed by atoms with Crippen LogP contribution in [0.4, 0.5) is 0 Å². The van der Waals surface area contributed by atoms with E-state index in [1.807, 2.05) is 18.2 Å². The Bertz CT molecular complexity index is 768. The maximum Gasteiger partial charge on any atom is 0.321 e. The summed E-state index contributed by atoms with van der Waals surface area (Å²) >= 11 is 0. The molecule has 136 valence electrons. The van der Waals surface area contributed by atoms with E-state index in [1.165, 1.54) is 11.1 Å². The molecule has 0 bridgehead atoms. The lowest BCUT2D eigenvalue weighted by molar-refractivity contribution is 0.440. The molecule has 0 aliphatic heterocycles. The Balaban J connectivity index is 0.00000243. The monoisotopic (exact) mass is 369 g/mol. The molecular formula is C21H24ClN3O. The van der Waals surface area contributed by atoms with Crippen molar-refractivity contribution in [3.8, 4) is 11.8 Å². The number of nitrogens with zero attached hydrogens (tertiary/aromatic N) is 2. The van der Waals surface area contributed by atoms with Crippen molar-refractivity contribution in [2.24, 2.45) is 0 Å². The predicted molar refractivity (Wildman–Crippen MR) is 107 cm³/mol. The fourth-order valence-corrected chi connectivity index (χ4v) is 2.58. The van der Waals surface area contributed by atoms with Gasteiger partial charge in [0.25, 0.3) is 0 Å². The van der Waals surface area contributed by atoms with Crippen LogP contribution in [0.5, 0.6) is 11.8 Å². The van der Waals surface area contributed by atoms with Crippen LogP contribution in [-0.2, 0) is 13.0 Å². The quantitative estimate of drug-likeness (QED) is 0.619. The van der Waals surface area contributed by atoms with E-state index >= 15 is 0 Å². The van der Waals surface area contributed by atoms with E-state index in [0.717, 1.165) is 25.1 Å². The van der Waals surface area contributed by atoms with Crippen LogP contribution < -0.4 is 10.1 Å². The van der Waals surface area contributed by atoms with Gasteiger partial charge in [0.05, 0.1) is 0 Å². The SMILES string of the molecule is CC(CCc1ccccc1)NCc1cccc(Oc2ncccn2)c1.Cl. The van der Waals surface area contributed by atoms with Gasteiger partial charge in [-0.2, -0.15) is 0 Å². The van der Waals surface area contributed by atoms with Gasteiger partial charge in [0.2, 0.25) is 0 Å². The van der Waals surface area contributed by atoms with Crippen LogP contribution in [0.25, 0.3) is 0 Å². The zero-order valence-electron chi connectivity index (χ0n) is 14.8. The zero-order chi connectivity index (χ0) is 17.3. The minimum Gasteiger partial charge on any atom is -0.424 e. The topological polar surface area (TPSA) is 47.0 Å². The fourth-order valence-electron chi connectivity index (χ4n) is 2.58. The molecule has 3 rings (SSSR count). The van der Waals surface area contributed by atoms with E-state index in [-0.39, 0.29) is 12.4 Å². The Kier molecular flexibility index (Phi) is 8.06. The van der Waals surface area contributed by atoms with Crippen LogP contribution in [0, 0.1) is 0 Å². The van der Waals surface area contributed by atoms with Crippen LogP contribution in [0.3, 0.4) is 0 Å². The first-order valence-corrected chi connectivity index (χ1v) is 8.61. The summed E-state index contributed by atoms with van der Waals surface area (Å²) in [6, 6.07) is 21.2. The lowest BCUT2D eigenvalue weighted by atomic mass is 10.1. The van der Waals surface area contributed by atoms with Crippen molar-refractivity contribution in [1.82, 2.24) is 15.3 Å². The first-order valence-electron chi connectivity index (χ1n) is 8.61. The molecular weight excluding hydrogens is 346 g/mol. The summed E-state index contributed by atoms with van der Waals surface area (Å²) in [6.45, 7) is 3.03. The third-order valence-corrected chi connectivity index (χ3v) is 4.01. The summed E-state index contributed by atoms with van der Waals surface area (Å²) in [5.41, 5.74) is 2.56. The molecule has 1 N–H and O–H groups in total. The van der Waals surface area contributed by atoms with Gasteiger partial charge in [-0.05, 0) is 49.1 Å². The molecule has 4 nitrogen and oxygen atoms in total. The van der Waals surface area contributed by atoms with E-state index < -0.39 is 0 Å². The van der Waals surface area contributed by atoms with Gasteiger partial charge in [-0.3, -0.25) is 0 Å². The minimum absolute atomic E-state index is 0. The van der Waals surface area contributed by atoms with E-state index in [9.17, 15) is 0 Å². The maximum atomic E-state index is 5.68. The normalized spacial score (nSPS) is 11.4. The van der Waals surface area contributed by atoms with E-state index in [0.29, 0.717) is 12.1 Å². The molecule has 0 radical (unpaired) electrons. The number of hydrogen-bond donors (Lipinski definition) is 1. The second-order valence-corrected chi connectivity index (χ2v) is 6.09. The summed E-state index contributed by atoms with van der Waals surface area (Å²) in [6.07, 6.45) is 5.53. The van der Waals surface area contributed by atoms with Crippen molar-refractivity contribution in [1.29, 1.82) is 0 Å². The lowest BCUT2D eigenvalue weighted by Crippen LogP contribution is -2.25. The summed E-state index contributed by atoms with van der Waals surface area (Å²) in [5, 5.41) is 3.57. The van der Waals surface area contributed by atoms with Gasteiger partial charge in [-0.1, -0.05) is 42.5 Å². The molecule has 26 heavy (non-hydrogen) atoms. The number of aryl methyl sites for hydroxylation is 1. The van der Waals surface area contributed by atoms with Crippen LogP contribution in [-0.4, -0.2) is 16.0 Å².